The van der Waals surface area contributed by atoms with Gasteiger partial charge in [0.2, 0.25) is 0 Å². The Kier molecular flexibility index (Phi) is 6.76. The molecular formula is C29H26N6O3S. The molecule has 6 rings (SSSR count). The summed E-state index contributed by atoms with van der Waals surface area (Å²) < 4.78 is 12.6. The van der Waals surface area contributed by atoms with E-state index < -0.39 is 0 Å². The Morgan fingerprint density at radius 3 is 2.59 bits per heavy atom. The molecule has 196 valence electrons. The maximum absolute atomic E-state index is 12.9. The third-order valence-corrected chi connectivity index (χ3v) is 7.47. The van der Waals surface area contributed by atoms with Crippen molar-refractivity contribution < 1.29 is 14.3 Å². The van der Waals surface area contributed by atoms with Gasteiger partial charge < -0.3 is 14.8 Å². The van der Waals surface area contributed by atoms with E-state index in [9.17, 15) is 4.79 Å². The van der Waals surface area contributed by atoms with Gasteiger partial charge in [-0.3, -0.25) is 5.32 Å². The van der Waals surface area contributed by atoms with Gasteiger partial charge in [0, 0.05) is 28.1 Å². The first-order valence-corrected chi connectivity index (χ1v) is 13.3. The highest BCUT2D eigenvalue weighted by molar-refractivity contribution is 7.99. The number of benzene rings is 3. The molecule has 1 fully saturated rings. The quantitative estimate of drug-likeness (QED) is 0.217. The van der Waals surface area contributed by atoms with Crippen LogP contribution in [0.2, 0.25) is 0 Å². The molecule has 1 aliphatic carbocycles. The van der Waals surface area contributed by atoms with E-state index >= 15 is 0 Å². The fourth-order valence-electron chi connectivity index (χ4n) is 4.40. The molecule has 39 heavy (non-hydrogen) atoms. The third-order valence-electron chi connectivity index (χ3n) is 6.46. The Bertz CT molecular complexity index is 1670. The number of fused-ring (bicyclic) bond motifs is 1. The molecule has 0 atom stereocenters. The molecule has 0 unspecified atom stereocenters. The lowest BCUT2D eigenvalue weighted by Crippen LogP contribution is -2.21. The van der Waals surface area contributed by atoms with Crippen LogP contribution >= 0.6 is 11.8 Å². The molecule has 0 saturated heterocycles. The van der Waals surface area contributed by atoms with E-state index in [-0.39, 0.29) is 6.03 Å². The van der Waals surface area contributed by atoms with Crippen molar-refractivity contribution in [3.05, 3.63) is 84.8 Å². The van der Waals surface area contributed by atoms with Gasteiger partial charge in [-0.1, -0.05) is 30.0 Å². The Morgan fingerprint density at radius 2 is 1.77 bits per heavy atom. The van der Waals surface area contributed by atoms with Crippen LogP contribution in [0.5, 0.6) is 11.5 Å². The molecule has 5 aromatic rings. The summed E-state index contributed by atoms with van der Waals surface area (Å²) in [5.74, 6) is 2.43. The molecule has 3 aromatic carbocycles. The number of amides is 2. The van der Waals surface area contributed by atoms with Crippen LogP contribution in [0.4, 0.5) is 16.3 Å². The number of aromatic nitrogens is 4. The first-order chi connectivity index (χ1) is 19.1. The highest BCUT2D eigenvalue weighted by Gasteiger charge is 2.24. The van der Waals surface area contributed by atoms with Gasteiger partial charge in [-0.25, -0.2) is 19.4 Å². The van der Waals surface area contributed by atoms with Crippen molar-refractivity contribution in [1.29, 1.82) is 0 Å². The maximum atomic E-state index is 12.9. The number of ether oxygens (including phenoxy) is 2. The lowest BCUT2D eigenvalue weighted by molar-refractivity contribution is 0.262. The van der Waals surface area contributed by atoms with Crippen molar-refractivity contribution in [2.24, 2.45) is 0 Å². The van der Waals surface area contributed by atoms with E-state index in [4.69, 9.17) is 9.47 Å². The van der Waals surface area contributed by atoms with E-state index in [2.05, 4.69) is 37.8 Å². The summed E-state index contributed by atoms with van der Waals surface area (Å²) in [5, 5.41) is 11.9. The van der Waals surface area contributed by atoms with Crippen molar-refractivity contribution in [1.82, 2.24) is 19.7 Å². The zero-order valence-electron chi connectivity index (χ0n) is 21.4. The number of nitrogens with zero attached hydrogens (tertiary/aromatic N) is 4. The number of hydrogen-bond acceptors (Lipinski definition) is 7. The molecule has 1 saturated carbocycles. The standard InChI is InChI=1S/C29H26N6O3S/c1-37-25-15-23-24(16-26(25)38-2)30-17-31-28(23)39-22-8-4-6-20(14-22)33-29(36)34-27-11-12-32-35(27)21-7-3-5-19(13-21)18-9-10-18/h3-8,11-18H,9-10H2,1-2H3,(H2,33,34,36). The summed E-state index contributed by atoms with van der Waals surface area (Å²) in [7, 11) is 3.19. The molecule has 9 nitrogen and oxygen atoms in total. The Hall–Kier alpha value is -4.57. The summed E-state index contributed by atoms with van der Waals surface area (Å²) in [6.45, 7) is 0. The second-order valence-corrected chi connectivity index (χ2v) is 10.2. The number of methoxy groups -OCH3 is 2. The molecular weight excluding hydrogens is 512 g/mol. The van der Waals surface area contributed by atoms with Crippen molar-refractivity contribution in [3.63, 3.8) is 0 Å². The van der Waals surface area contributed by atoms with Crippen LogP contribution in [0.25, 0.3) is 16.6 Å². The molecule has 10 heteroatoms. The van der Waals surface area contributed by atoms with Crippen molar-refractivity contribution in [2.45, 2.75) is 28.7 Å². The molecule has 1 aliphatic rings. The number of rotatable bonds is 8. The van der Waals surface area contributed by atoms with Gasteiger partial charge in [0.15, 0.2) is 11.5 Å². The van der Waals surface area contributed by atoms with E-state index in [0.717, 1.165) is 26.5 Å². The Morgan fingerprint density at radius 1 is 0.949 bits per heavy atom. The van der Waals surface area contributed by atoms with Crippen LogP contribution in [0.1, 0.15) is 24.3 Å². The molecule has 2 amide bonds. The van der Waals surface area contributed by atoms with Crippen molar-refractivity contribution in [3.8, 4) is 17.2 Å². The fourth-order valence-corrected chi connectivity index (χ4v) is 5.33. The van der Waals surface area contributed by atoms with Gasteiger partial charge in [-0.2, -0.15) is 5.10 Å². The second kappa shape index (κ2) is 10.7. The molecule has 0 spiro atoms. The number of hydrogen-bond donors (Lipinski definition) is 2. The minimum Gasteiger partial charge on any atom is -0.493 e. The summed E-state index contributed by atoms with van der Waals surface area (Å²) in [4.78, 5) is 22.7. The second-order valence-electron chi connectivity index (χ2n) is 9.11. The maximum Gasteiger partial charge on any atom is 0.324 e. The van der Waals surface area contributed by atoms with Crippen molar-refractivity contribution >= 4 is 40.2 Å². The molecule has 0 aliphatic heterocycles. The van der Waals surface area contributed by atoms with Gasteiger partial charge in [-0.15, -0.1) is 0 Å². The van der Waals surface area contributed by atoms with Crippen LogP contribution < -0.4 is 20.1 Å². The lowest BCUT2D eigenvalue weighted by Gasteiger charge is -2.12. The third kappa shape index (κ3) is 5.37. The molecule has 0 bridgehead atoms. The average Bonchev–Trinajstić information content (AvgIpc) is 3.71. The summed E-state index contributed by atoms with van der Waals surface area (Å²) >= 11 is 1.47. The van der Waals surface area contributed by atoms with Crippen LogP contribution in [0.3, 0.4) is 0 Å². The predicted molar refractivity (Wildman–Crippen MR) is 151 cm³/mol. The zero-order valence-corrected chi connectivity index (χ0v) is 22.2. The number of carbonyl (C=O) groups excluding carboxylic acids is 1. The van der Waals surface area contributed by atoms with Crippen LogP contribution in [0.15, 0.2) is 89.2 Å². The smallest absolute Gasteiger partial charge is 0.324 e. The summed E-state index contributed by atoms with van der Waals surface area (Å²) in [6.07, 6.45) is 5.65. The molecule has 2 aromatic heterocycles. The minimum absolute atomic E-state index is 0.360. The van der Waals surface area contributed by atoms with Gasteiger partial charge >= 0.3 is 6.03 Å². The normalized spacial score (nSPS) is 12.8. The van der Waals surface area contributed by atoms with Crippen LogP contribution in [-0.2, 0) is 0 Å². The predicted octanol–water partition coefficient (Wildman–Crippen LogP) is 6.51. The molecule has 0 radical (unpaired) electrons. The largest absolute Gasteiger partial charge is 0.493 e. The highest BCUT2D eigenvalue weighted by Crippen LogP contribution is 2.41. The van der Waals surface area contributed by atoms with Gasteiger partial charge in [0.25, 0.3) is 0 Å². The number of carbonyl (C=O) groups is 1. The lowest BCUT2D eigenvalue weighted by atomic mass is 10.1. The fraction of sp³-hybridized carbons (Fsp3) is 0.172. The van der Waals surface area contributed by atoms with E-state index in [1.54, 1.807) is 31.2 Å². The SMILES string of the molecule is COc1cc2ncnc(Sc3cccc(NC(=O)Nc4ccnn4-c4cccc(C5CC5)c4)c3)c2cc1OC. The minimum atomic E-state index is -0.360. The average molecular weight is 539 g/mol. The topological polar surface area (TPSA) is 103 Å². The number of anilines is 2. The van der Waals surface area contributed by atoms with Gasteiger partial charge in [-0.05, 0) is 60.7 Å². The number of urea groups is 1. The highest BCUT2D eigenvalue weighted by atomic mass is 32.2. The van der Waals surface area contributed by atoms with Crippen molar-refractivity contribution in [2.75, 3.05) is 24.9 Å². The zero-order chi connectivity index (χ0) is 26.8. The summed E-state index contributed by atoms with van der Waals surface area (Å²) in [5.41, 5.74) is 3.63. The van der Waals surface area contributed by atoms with E-state index in [1.165, 1.54) is 36.5 Å². The van der Waals surface area contributed by atoms with E-state index in [1.807, 2.05) is 48.5 Å². The Balaban J connectivity index is 1.18. The van der Waals surface area contributed by atoms with Crippen LogP contribution in [-0.4, -0.2) is 40.0 Å². The summed E-state index contributed by atoms with van der Waals surface area (Å²) in [6, 6.07) is 21.0. The first kappa shape index (κ1) is 24.7. The molecule has 2 N–H and O–H groups in total. The molecule has 2 heterocycles. The first-order valence-electron chi connectivity index (χ1n) is 12.5. The number of nitrogens with one attached hydrogen (secondary N) is 2. The van der Waals surface area contributed by atoms with Gasteiger partial charge in [0.05, 0.1) is 31.6 Å². The van der Waals surface area contributed by atoms with Crippen LogP contribution in [0, 0.1) is 0 Å². The Labute approximate surface area is 229 Å². The van der Waals surface area contributed by atoms with E-state index in [0.29, 0.717) is 28.9 Å². The van der Waals surface area contributed by atoms with Gasteiger partial charge in [0.1, 0.15) is 17.2 Å². The monoisotopic (exact) mass is 538 g/mol.